The Hall–Kier alpha value is -3.76. The molecular formula is C39H46N4O4S. The minimum atomic E-state index is -3.91. The van der Waals surface area contributed by atoms with Gasteiger partial charge in [0.25, 0.3) is 0 Å². The summed E-state index contributed by atoms with van der Waals surface area (Å²) in [5, 5.41) is 5.00. The molecule has 8 nitrogen and oxygen atoms in total. The van der Waals surface area contributed by atoms with Crippen LogP contribution in [0.15, 0.2) is 95.9 Å². The van der Waals surface area contributed by atoms with Crippen LogP contribution in [0.25, 0.3) is 10.8 Å². The maximum Gasteiger partial charge on any atom is 0.241 e. The Morgan fingerprint density at radius 1 is 0.812 bits per heavy atom. The number of amides is 1. The van der Waals surface area contributed by atoms with Gasteiger partial charge in [0.2, 0.25) is 15.9 Å². The van der Waals surface area contributed by atoms with E-state index in [9.17, 15) is 13.2 Å². The fourth-order valence-electron chi connectivity index (χ4n) is 7.61. The lowest BCUT2D eigenvalue weighted by Gasteiger charge is -2.40. The van der Waals surface area contributed by atoms with E-state index in [1.54, 1.807) is 18.2 Å². The molecule has 252 valence electrons. The average Bonchev–Trinajstić information content (AvgIpc) is 3.12. The van der Waals surface area contributed by atoms with Crippen LogP contribution in [0.1, 0.15) is 73.7 Å². The maximum atomic E-state index is 13.6. The average molecular weight is 667 g/mol. The number of nitrogens with one attached hydrogen (secondary N) is 2. The summed E-state index contributed by atoms with van der Waals surface area (Å²) in [6.45, 7) is 6.17. The molecule has 2 saturated heterocycles. The van der Waals surface area contributed by atoms with Gasteiger partial charge in [-0.25, -0.2) is 13.1 Å². The molecule has 0 spiro atoms. The number of hydrogen-bond acceptors (Lipinski definition) is 6. The first-order valence-electron chi connectivity index (χ1n) is 17.5. The second kappa shape index (κ2) is 14.8. The molecule has 2 N–H and O–H groups in total. The van der Waals surface area contributed by atoms with Gasteiger partial charge in [0.1, 0.15) is 5.75 Å². The van der Waals surface area contributed by atoms with Gasteiger partial charge in [-0.3, -0.25) is 9.69 Å². The van der Waals surface area contributed by atoms with E-state index in [1.165, 1.54) is 50.8 Å². The molecule has 0 aromatic heterocycles. The fourth-order valence-corrected chi connectivity index (χ4v) is 8.87. The molecular weight excluding hydrogens is 621 g/mol. The first-order chi connectivity index (χ1) is 23.4. The molecule has 0 bridgehead atoms. The van der Waals surface area contributed by atoms with Crippen molar-refractivity contribution in [3.8, 4) is 5.75 Å². The summed E-state index contributed by atoms with van der Waals surface area (Å²) >= 11 is 0. The largest absolute Gasteiger partial charge is 0.493 e. The van der Waals surface area contributed by atoms with E-state index >= 15 is 0 Å². The summed E-state index contributed by atoms with van der Waals surface area (Å²) in [5.41, 5.74) is 2.92. The Bertz CT molecular complexity index is 1820. The number of nitrogens with zero attached hydrogens (tertiary/aromatic N) is 2. The number of sulfonamides is 1. The lowest BCUT2D eigenvalue weighted by molar-refractivity contribution is -0.122. The highest BCUT2D eigenvalue weighted by molar-refractivity contribution is 7.89. The number of hydrogen-bond donors (Lipinski definition) is 2. The zero-order valence-electron chi connectivity index (χ0n) is 27.5. The molecule has 9 heteroatoms. The Morgan fingerprint density at radius 2 is 1.56 bits per heavy atom. The van der Waals surface area contributed by atoms with Crippen LogP contribution in [0.5, 0.6) is 5.75 Å². The van der Waals surface area contributed by atoms with E-state index in [4.69, 9.17) is 4.74 Å². The van der Waals surface area contributed by atoms with Crippen molar-refractivity contribution in [2.75, 3.05) is 32.8 Å². The normalized spacial score (nSPS) is 20.1. The Balaban J connectivity index is 0.996. The van der Waals surface area contributed by atoms with Crippen LogP contribution in [0.2, 0.25) is 0 Å². The summed E-state index contributed by atoms with van der Waals surface area (Å²) in [7, 11) is -3.91. The van der Waals surface area contributed by atoms with Crippen molar-refractivity contribution in [3.63, 3.8) is 0 Å². The third-order valence-corrected chi connectivity index (χ3v) is 11.7. The number of ether oxygens (including phenoxy) is 1. The molecule has 48 heavy (non-hydrogen) atoms. The second-order valence-corrected chi connectivity index (χ2v) is 15.2. The van der Waals surface area contributed by atoms with Crippen LogP contribution in [0, 0.1) is 0 Å². The molecule has 3 aliphatic rings. The van der Waals surface area contributed by atoms with E-state index in [-0.39, 0.29) is 23.3 Å². The molecule has 4 aromatic carbocycles. The van der Waals surface area contributed by atoms with Crippen molar-refractivity contribution in [1.82, 2.24) is 19.8 Å². The number of piperidine rings is 2. The third-order valence-electron chi connectivity index (χ3n) is 10.2. The summed E-state index contributed by atoms with van der Waals surface area (Å²) in [6, 6.07) is 28.2. The minimum absolute atomic E-state index is 0.0328. The predicted molar refractivity (Wildman–Crippen MR) is 189 cm³/mol. The monoisotopic (exact) mass is 666 g/mol. The van der Waals surface area contributed by atoms with Crippen LogP contribution >= 0.6 is 0 Å². The molecule has 2 fully saturated rings. The molecule has 0 radical (unpaired) electrons. The first-order valence-corrected chi connectivity index (χ1v) is 19.0. The fraction of sp³-hybridized carbons (Fsp3) is 0.410. The molecule has 2 unspecified atom stereocenters. The Kier molecular flexibility index (Phi) is 10.1. The van der Waals surface area contributed by atoms with Crippen LogP contribution in [-0.2, 0) is 21.4 Å². The molecule has 3 heterocycles. The van der Waals surface area contributed by atoms with Gasteiger partial charge in [0, 0.05) is 31.0 Å². The quantitative estimate of drug-likeness (QED) is 0.205. The highest BCUT2D eigenvalue weighted by Crippen LogP contribution is 2.34. The van der Waals surface area contributed by atoms with Crippen molar-refractivity contribution in [2.24, 2.45) is 0 Å². The third kappa shape index (κ3) is 7.76. The Morgan fingerprint density at radius 3 is 2.35 bits per heavy atom. The number of benzene rings is 4. The number of fused-ring (bicyclic) bond motifs is 2. The molecule has 0 aliphatic carbocycles. The number of carbonyl (C=O) groups excluding carboxylic acids is 1. The maximum absolute atomic E-state index is 13.6. The molecule has 0 saturated carbocycles. The lowest BCUT2D eigenvalue weighted by Crippen LogP contribution is -2.46. The standard InChI is InChI=1S/C39H46N4O4S/c44-39(27-37(31-10-3-1-4-11-31)41-48(45,46)34-15-14-30-9-5-6-12-32(30)26-34)40-36-19-24-47-38-25-29(13-16-35(36)38)28-42-22-17-33(18-23-42)43-20-7-2-8-21-43/h1,3-6,9-16,25-26,33,36-37,41H,2,7-8,17-24,27-28H2,(H,40,44). The first kappa shape index (κ1) is 32.8. The molecule has 4 aromatic rings. The zero-order chi connectivity index (χ0) is 32.9. The summed E-state index contributed by atoms with van der Waals surface area (Å²) < 4.78 is 36.1. The van der Waals surface area contributed by atoms with Gasteiger partial charge in [-0.15, -0.1) is 0 Å². The van der Waals surface area contributed by atoms with E-state index in [0.29, 0.717) is 13.0 Å². The van der Waals surface area contributed by atoms with E-state index < -0.39 is 16.1 Å². The van der Waals surface area contributed by atoms with E-state index in [1.807, 2.05) is 54.6 Å². The summed E-state index contributed by atoms with van der Waals surface area (Å²) in [5.74, 6) is 0.604. The lowest BCUT2D eigenvalue weighted by atomic mass is 9.97. The van der Waals surface area contributed by atoms with Crippen LogP contribution in [0.3, 0.4) is 0 Å². The number of rotatable bonds is 10. The van der Waals surface area contributed by atoms with Crippen molar-refractivity contribution >= 4 is 26.7 Å². The second-order valence-electron chi connectivity index (χ2n) is 13.5. The van der Waals surface area contributed by atoms with Crippen molar-refractivity contribution < 1.29 is 17.9 Å². The van der Waals surface area contributed by atoms with Gasteiger partial charge in [0.05, 0.1) is 23.6 Å². The van der Waals surface area contributed by atoms with Gasteiger partial charge in [-0.2, -0.15) is 0 Å². The van der Waals surface area contributed by atoms with Gasteiger partial charge in [-0.1, -0.05) is 79.2 Å². The van der Waals surface area contributed by atoms with Gasteiger partial charge in [-0.05, 0) is 92.0 Å². The topological polar surface area (TPSA) is 91.0 Å². The molecule has 2 atom stereocenters. The van der Waals surface area contributed by atoms with Crippen molar-refractivity contribution in [3.05, 3.63) is 108 Å². The predicted octanol–water partition coefficient (Wildman–Crippen LogP) is 6.34. The smallest absolute Gasteiger partial charge is 0.241 e. The van der Waals surface area contributed by atoms with Crippen LogP contribution < -0.4 is 14.8 Å². The van der Waals surface area contributed by atoms with E-state index in [2.05, 4.69) is 38.0 Å². The van der Waals surface area contributed by atoms with Crippen molar-refractivity contribution in [2.45, 2.75) is 74.5 Å². The summed E-state index contributed by atoms with van der Waals surface area (Å²) in [6.07, 6.45) is 7.15. The van der Waals surface area contributed by atoms with Gasteiger partial charge in [0.15, 0.2) is 0 Å². The number of likely N-dealkylation sites (tertiary alicyclic amines) is 2. The molecule has 1 amide bonds. The SMILES string of the molecule is O=C(CC(NS(=O)(=O)c1ccc2ccccc2c1)c1ccccc1)NC1CCOc2cc(CN3CCC(N4CCCCC4)CC3)ccc21. The zero-order valence-corrected chi connectivity index (χ0v) is 28.3. The highest BCUT2D eigenvalue weighted by atomic mass is 32.2. The molecule has 3 aliphatic heterocycles. The van der Waals surface area contributed by atoms with E-state index in [0.717, 1.165) is 53.3 Å². The van der Waals surface area contributed by atoms with Gasteiger partial charge < -0.3 is 15.0 Å². The summed E-state index contributed by atoms with van der Waals surface area (Å²) in [4.78, 5) is 19.0. The Labute approximate surface area is 284 Å². The number of carbonyl (C=O) groups is 1. The minimum Gasteiger partial charge on any atom is -0.493 e. The molecule has 7 rings (SSSR count). The van der Waals surface area contributed by atoms with Gasteiger partial charge >= 0.3 is 0 Å². The van der Waals surface area contributed by atoms with Crippen molar-refractivity contribution in [1.29, 1.82) is 0 Å². The highest BCUT2D eigenvalue weighted by Gasteiger charge is 2.29. The van der Waals surface area contributed by atoms with Crippen LogP contribution in [-0.4, -0.2) is 63.0 Å². The van der Waals surface area contributed by atoms with Crippen LogP contribution in [0.4, 0.5) is 0 Å².